The largest absolute Gasteiger partial charge is 0.359 e. The van der Waals surface area contributed by atoms with Crippen LogP contribution in [0.15, 0.2) is 42.9 Å². The quantitative estimate of drug-likeness (QED) is 0.495. The number of rotatable bonds is 0. The Kier molecular flexibility index (Phi) is 1.53. The highest BCUT2D eigenvalue weighted by Crippen LogP contribution is 2.27. The fourth-order valence-corrected chi connectivity index (χ4v) is 2.25. The van der Waals surface area contributed by atoms with Crippen molar-refractivity contribution < 1.29 is 0 Å². The van der Waals surface area contributed by atoms with E-state index in [1.165, 1.54) is 0 Å². The third-order valence-corrected chi connectivity index (χ3v) is 3.04. The van der Waals surface area contributed by atoms with Crippen molar-refractivity contribution >= 4 is 32.7 Å². The Labute approximate surface area is 96.3 Å². The van der Waals surface area contributed by atoms with Crippen LogP contribution in [0.25, 0.3) is 32.7 Å². The molecule has 4 heteroatoms. The molecule has 0 amide bonds. The van der Waals surface area contributed by atoms with Crippen LogP contribution in [-0.2, 0) is 0 Å². The summed E-state index contributed by atoms with van der Waals surface area (Å²) < 4.78 is 0. The Balaban J connectivity index is 2.47. The highest BCUT2D eigenvalue weighted by molar-refractivity contribution is 6.15. The van der Waals surface area contributed by atoms with Gasteiger partial charge in [0.05, 0.1) is 17.2 Å². The summed E-state index contributed by atoms with van der Waals surface area (Å²) in [6.45, 7) is 0. The Morgan fingerprint density at radius 3 is 2.94 bits per heavy atom. The minimum Gasteiger partial charge on any atom is -0.359 e. The summed E-state index contributed by atoms with van der Waals surface area (Å²) in [6, 6.07) is 8.05. The fraction of sp³-hybridized carbons (Fsp3) is 0. The van der Waals surface area contributed by atoms with E-state index in [0.29, 0.717) is 0 Å². The van der Waals surface area contributed by atoms with Gasteiger partial charge in [-0.25, -0.2) is 0 Å². The number of aromatic nitrogens is 4. The smallest absolute Gasteiger partial charge is 0.117 e. The lowest BCUT2D eigenvalue weighted by Crippen LogP contribution is -1.83. The van der Waals surface area contributed by atoms with Crippen molar-refractivity contribution in [1.29, 1.82) is 0 Å². The van der Waals surface area contributed by atoms with Crippen LogP contribution in [0.3, 0.4) is 0 Å². The molecule has 0 saturated carbocycles. The number of hydrogen-bond acceptors (Lipinski definition) is 3. The molecule has 0 fully saturated rings. The zero-order valence-electron chi connectivity index (χ0n) is 8.88. The number of pyridine rings is 1. The zero-order valence-corrected chi connectivity index (χ0v) is 8.88. The number of fused-ring (bicyclic) bond motifs is 2. The number of nitrogens with zero attached hydrogens (tertiary/aromatic N) is 3. The molecule has 17 heavy (non-hydrogen) atoms. The minimum absolute atomic E-state index is 0.876. The van der Waals surface area contributed by atoms with Gasteiger partial charge in [-0.05, 0) is 12.1 Å². The summed E-state index contributed by atoms with van der Waals surface area (Å²) in [5, 5.41) is 11.5. The van der Waals surface area contributed by atoms with Gasteiger partial charge in [0, 0.05) is 28.6 Å². The van der Waals surface area contributed by atoms with Gasteiger partial charge in [0.25, 0.3) is 0 Å². The summed E-state index contributed by atoms with van der Waals surface area (Å²) in [5.74, 6) is 0. The summed E-state index contributed by atoms with van der Waals surface area (Å²) >= 11 is 0. The second-order valence-electron chi connectivity index (χ2n) is 3.99. The average Bonchev–Trinajstić information content (AvgIpc) is 2.72. The maximum absolute atomic E-state index is 4.39. The maximum Gasteiger partial charge on any atom is 0.117 e. The molecule has 0 bridgehead atoms. The molecule has 0 aliphatic heterocycles. The Morgan fingerprint density at radius 1 is 1.00 bits per heavy atom. The first-order valence-electron chi connectivity index (χ1n) is 5.40. The predicted octanol–water partition coefficient (Wildman–Crippen LogP) is 2.66. The monoisotopic (exact) mass is 220 g/mol. The first-order valence-corrected chi connectivity index (χ1v) is 5.40. The molecule has 0 spiro atoms. The number of hydrogen-bond donors (Lipinski definition) is 1. The molecule has 4 rings (SSSR count). The van der Waals surface area contributed by atoms with E-state index in [9.17, 15) is 0 Å². The number of aromatic amines is 1. The number of nitrogens with one attached hydrogen (secondary N) is 1. The summed E-state index contributed by atoms with van der Waals surface area (Å²) in [7, 11) is 0. The summed E-state index contributed by atoms with van der Waals surface area (Å²) in [6.07, 6.45) is 5.48. The van der Waals surface area contributed by atoms with Gasteiger partial charge in [-0.2, -0.15) is 5.10 Å². The third-order valence-electron chi connectivity index (χ3n) is 3.04. The van der Waals surface area contributed by atoms with Gasteiger partial charge in [0.15, 0.2) is 0 Å². The fourth-order valence-electron chi connectivity index (χ4n) is 2.25. The van der Waals surface area contributed by atoms with Crippen LogP contribution < -0.4 is 0 Å². The lowest BCUT2D eigenvalue weighted by atomic mass is 10.2. The van der Waals surface area contributed by atoms with Crippen molar-refractivity contribution in [3.63, 3.8) is 0 Å². The molecule has 0 atom stereocenters. The van der Waals surface area contributed by atoms with Gasteiger partial charge in [-0.15, -0.1) is 5.10 Å². The van der Waals surface area contributed by atoms with Crippen molar-refractivity contribution in [3.05, 3.63) is 42.9 Å². The first kappa shape index (κ1) is 8.64. The Bertz CT molecular complexity index is 842. The highest BCUT2D eigenvalue weighted by Gasteiger charge is 2.07. The van der Waals surface area contributed by atoms with Gasteiger partial charge >= 0.3 is 0 Å². The standard InChI is InChI=1S/C13H8N4/c1-2-9-7-15-10-4-5-14-13(11(9)10)12-8(1)3-6-16-17-12/h1-7,14H. The van der Waals surface area contributed by atoms with Gasteiger partial charge in [-0.3, -0.25) is 4.98 Å². The summed E-state index contributed by atoms with van der Waals surface area (Å²) in [4.78, 5) is 7.64. The van der Waals surface area contributed by atoms with E-state index < -0.39 is 0 Å². The molecule has 80 valence electrons. The van der Waals surface area contributed by atoms with Crippen molar-refractivity contribution in [1.82, 2.24) is 20.2 Å². The van der Waals surface area contributed by atoms with Crippen LogP contribution >= 0.6 is 0 Å². The molecular weight excluding hydrogens is 212 g/mol. The van der Waals surface area contributed by atoms with Crippen molar-refractivity contribution in [2.45, 2.75) is 0 Å². The van der Waals surface area contributed by atoms with Crippen LogP contribution in [-0.4, -0.2) is 20.2 Å². The van der Waals surface area contributed by atoms with Gasteiger partial charge in [0.1, 0.15) is 5.52 Å². The van der Waals surface area contributed by atoms with E-state index in [1.54, 1.807) is 6.20 Å². The van der Waals surface area contributed by atoms with E-state index in [0.717, 1.165) is 32.7 Å². The Hall–Kier alpha value is -2.49. The van der Waals surface area contributed by atoms with E-state index in [-0.39, 0.29) is 0 Å². The highest BCUT2D eigenvalue weighted by atomic mass is 15.1. The predicted molar refractivity (Wildman–Crippen MR) is 66.7 cm³/mol. The molecule has 1 N–H and O–H groups in total. The normalized spacial score (nSPS) is 11.5. The average molecular weight is 220 g/mol. The van der Waals surface area contributed by atoms with Crippen LogP contribution in [0.1, 0.15) is 0 Å². The third kappa shape index (κ3) is 1.09. The topological polar surface area (TPSA) is 54.5 Å². The lowest BCUT2D eigenvalue weighted by molar-refractivity contribution is 1.08. The van der Waals surface area contributed by atoms with Gasteiger partial charge in [0.2, 0.25) is 0 Å². The van der Waals surface area contributed by atoms with E-state index in [2.05, 4.69) is 26.2 Å². The first-order chi connectivity index (χ1) is 8.43. The summed E-state index contributed by atoms with van der Waals surface area (Å²) in [5.41, 5.74) is 2.85. The molecule has 0 aliphatic carbocycles. The van der Waals surface area contributed by atoms with Crippen LogP contribution in [0.2, 0.25) is 0 Å². The molecule has 4 nitrogen and oxygen atoms in total. The molecule has 0 radical (unpaired) electrons. The molecule has 4 aromatic rings. The number of H-pyrrole nitrogens is 1. The SMILES string of the molecule is c1cc2ccc3cnc4cc[nH]c(c2nn1)c34. The molecule has 0 aliphatic rings. The molecule has 3 aromatic heterocycles. The van der Waals surface area contributed by atoms with Crippen molar-refractivity contribution in [3.8, 4) is 0 Å². The Morgan fingerprint density at radius 2 is 1.94 bits per heavy atom. The van der Waals surface area contributed by atoms with Crippen LogP contribution in [0.4, 0.5) is 0 Å². The van der Waals surface area contributed by atoms with E-state index >= 15 is 0 Å². The van der Waals surface area contributed by atoms with E-state index in [4.69, 9.17) is 0 Å². The van der Waals surface area contributed by atoms with Crippen LogP contribution in [0.5, 0.6) is 0 Å². The second-order valence-corrected chi connectivity index (χ2v) is 3.99. The molecule has 0 unspecified atom stereocenters. The lowest BCUT2D eigenvalue weighted by Gasteiger charge is -1.96. The second kappa shape index (κ2) is 3.01. The van der Waals surface area contributed by atoms with E-state index in [1.807, 2.05) is 30.6 Å². The molecule has 1 aromatic carbocycles. The van der Waals surface area contributed by atoms with Crippen molar-refractivity contribution in [2.75, 3.05) is 0 Å². The minimum atomic E-state index is 0.876. The zero-order chi connectivity index (χ0) is 11.2. The molecule has 0 saturated heterocycles. The maximum atomic E-state index is 4.39. The van der Waals surface area contributed by atoms with Crippen LogP contribution in [0, 0.1) is 0 Å². The molecule has 3 heterocycles. The molecular formula is C13H8N4. The van der Waals surface area contributed by atoms with Gasteiger partial charge < -0.3 is 4.98 Å². The van der Waals surface area contributed by atoms with Gasteiger partial charge in [-0.1, -0.05) is 12.1 Å². The van der Waals surface area contributed by atoms with Crippen molar-refractivity contribution in [2.24, 2.45) is 0 Å².